The van der Waals surface area contributed by atoms with Crippen LogP contribution in [0, 0.1) is 5.82 Å². The molecule has 0 saturated heterocycles. The zero-order valence-corrected chi connectivity index (χ0v) is 10.7. The summed E-state index contributed by atoms with van der Waals surface area (Å²) >= 11 is 0. The Morgan fingerprint density at radius 3 is 2.74 bits per heavy atom. The molecule has 3 nitrogen and oxygen atoms in total. The Morgan fingerprint density at radius 1 is 1.42 bits per heavy atom. The van der Waals surface area contributed by atoms with Gasteiger partial charge in [0.1, 0.15) is 5.82 Å². The Labute approximate surface area is 112 Å². The number of halogens is 1. The fourth-order valence-electron chi connectivity index (χ4n) is 2.05. The predicted octanol–water partition coefficient (Wildman–Crippen LogP) is 2.81. The summed E-state index contributed by atoms with van der Waals surface area (Å²) in [5.74, 6) is -0.231. The summed E-state index contributed by atoms with van der Waals surface area (Å²) < 4.78 is 12.9. The predicted molar refractivity (Wildman–Crippen MR) is 74.2 cm³/mol. The maximum absolute atomic E-state index is 12.9. The molecule has 19 heavy (non-hydrogen) atoms. The SMILES string of the molecule is C=CCNC(=O)N1CC=C(c2ccc(F)cc2)CC1. The van der Waals surface area contributed by atoms with Crippen LogP contribution in [0.2, 0.25) is 0 Å². The van der Waals surface area contributed by atoms with Crippen LogP contribution in [0.4, 0.5) is 9.18 Å². The van der Waals surface area contributed by atoms with Crippen molar-refractivity contribution in [2.24, 2.45) is 0 Å². The summed E-state index contributed by atoms with van der Waals surface area (Å²) in [6, 6.07) is 6.39. The largest absolute Gasteiger partial charge is 0.335 e. The number of rotatable bonds is 3. The molecule has 0 atom stereocenters. The van der Waals surface area contributed by atoms with E-state index in [1.54, 1.807) is 23.1 Å². The molecule has 0 saturated carbocycles. The van der Waals surface area contributed by atoms with E-state index in [1.807, 2.05) is 6.08 Å². The van der Waals surface area contributed by atoms with Crippen LogP contribution in [0.3, 0.4) is 0 Å². The molecule has 2 amide bonds. The molecule has 1 heterocycles. The van der Waals surface area contributed by atoms with Gasteiger partial charge in [-0.2, -0.15) is 0 Å². The van der Waals surface area contributed by atoms with Crippen LogP contribution in [-0.4, -0.2) is 30.6 Å². The van der Waals surface area contributed by atoms with E-state index in [9.17, 15) is 9.18 Å². The minimum Gasteiger partial charge on any atom is -0.335 e. The van der Waals surface area contributed by atoms with Gasteiger partial charge in [-0.25, -0.2) is 9.18 Å². The summed E-state index contributed by atoms with van der Waals surface area (Å²) in [4.78, 5) is 13.5. The van der Waals surface area contributed by atoms with Crippen molar-refractivity contribution in [2.75, 3.05) is 19.6 Å². The molecule has 4 heteroatoms. The van der Waals surface area contributed by atoms with Crippen LogP contribution in [0.25, 0.3) is 5.57 Å². The summed E-state index contributed by atoms with van der Waals surface area (Å²) in [6.07, 6.45) is 4.46. The van der Waals surface area contributed by atoms with Gasteiger partial charge >= 0.3 is 6.03 Å². The molecule has 1 aromatic rings. The third-order valence-corrected chi connectivity index (χ3v) is 3.11. The lowest BCUT2D eigenvalue weighted by molar-refractivity contribution is 0.204. The maximum Gasteiger partial charge on any atom is 0.317 e. The van der Waals surface area contributed by atoms with Gasteiger partial charge in [0.2, 0.25) is 0 Å². The molecule has 100 valence electrons. The Bertz CT molecular complexity index is 493. The van der Waals surface area contributed by atoms with Gasteiger partial charge in [0, 0.05) is 19.6 Å². The first-order valence-electron chi connectivity index (χ1n) is 6.29. The smallest absolute Gasteiger partial charge is 0.317 e. The summed E-state index contributed by atoms with van der Waals surface area (Å²) in [6.45, 7) is 5.29. The van der Waals surface area contributed by atoms with E-state index < -0.39 is 0 Å². The summed E-state index contributed by atoms with van der Waals surface area (Å²) in [7, 11) is 0. The highest BCUT2D eigenvalue weighted by molar-refractivity contribution is 5.76. The summed E-state index contributed by atoms with van der Waals surface area (Å²) in [5.41, 5.74) is 2.18. The van der Waals surface area contributed by atoms with Gasteiger partial charge in [0.05, 0.1) is 0 Å². The van der Waals surface area contributed by atoms with E-state index in [0.29, 0.717) is 19.6 Å². The second-order valence-corrected chi connectivity index (χ2v) is 4.41. The highest BCUT2D eigenvalue weighted by Gasteiger charge is 2.17. The number of nitrogens with one attached hydrogen (secondary N) is 1. The Morgan fingerprint density at radius 2 is 2.16 bits per heavy atom. The zero-order valence-electron chi connectivity index (χ0n) is 10.7. The fourth-order valence-corrected chi connectivity index (χ4v) is 2.05. The molecule has 0 aromatic heterocycles. The topological polar surface area (TPSA) is 32.3 Å². The molecule has 0 aliphatic carbocycles. The van der Waals surface area contributed by atoms with Gasteiger partial charge in [0.15, 0.2) is 0 Å². The van der Waals surface area contributed by atoms with Crippen molar-refractivity contribution in [3.8, 4) is 0 Å². The second-order valence-electron chi connectivity index (χ2n) is 4.41. The molecule has 0 spiro atoms. The number of hydrogen-bond donors (Lipinski definition) is 1. The number of carbonyl (C=O) groups is 1. The second kappa shape index (κ2) is 6.18. The van der Waals surface area contributed by atoms with Crippen molar-refractivity contribution in [3.05, 3.63) is 54.4 Å². The van der Waals surface area contributed by atoms with Gasteiger partial charge in [0.25, 0.3) is 0 Å². The van der Waals surface area contributed by atoms with Crippen molar-refractivity contribution in [1.82, 2.24) is 10.2 Å². The van der Waals surface area contributed by atoms with Crippen LogP contribution in [0.5, 0.6) is 0 Å². The van der Waals surface area contributed by atoms with Crippen LogP contribution in [0.1, 0.15) is 12.0 Å². The molecule has 0 unspecified atom stereocenters. The lowest BCUT2D eigenvalue weighted by atomic mass is 10.00. The van der Waals surface area contributed by atoms with Crippen molar-refractivity contribution < 1.29 is 9.18 Å². The third kappa shape index (κ3) is 3.44. The van der Waals surface area contributed by atoms with Crippen LogP contribution in [0.15, 0.2) is 43.0 Å². The van der Waals surface area contributed by atoms with Gasteiger partial charge in [-0.15, -0.1) is 6.58 Å². The molecule has 1 N–H and O–H groups in total. The van der Waals surface area contributed by atoms with Crippen molar-refractivity contribution in [1.29, 1.82) is 0 Å². The fraction of sp³-hybridized carbons (Fsp3) is 0.267. The lowest BCUT2D eigenvalue weighted by Crippen LogP contribution is -2.42. The Balaban J connectivity index is 1.98. The molecule has 2 rings (SSSR count). The van der Waals surface area contributed by atoms with Crippen molar-refractivity contribution in [2.45, 2.75) is 6.42 Å². The van der Waals surface area contributed by atoms with E-state index in [1.165, 1.54) is 12.1 Å². The van der Waals surface area contributed by atoms with Crippen LogP contribution >= 0.6 is 0 Å². The maximum atomic E-state index is 12.9. The molecular weight excluding hydrogens is 243 g/mol. The number of hydrogen-bond acceptors (Lipinski definition) is 1. The van der Waals surface area contributed by atoms with E-state index in [4.69, 9.17) is 0 Å². The van der Waals surface area contributed by atoms with E-state index in [0.717, 1.165) is 17.6 Å². The van der Waals surface area contributed by atoms with Crippen LogP contribution in [-0.2, 0) is 0 Å². The van der Waals surface area contributed by atoms with Crippen molar-refractivity contribution >= 4 is 11.6 Å². The standard InChI is InChI=1S/C15H17FN2O/c1-2-9-17-15(19)18-10-7-13(8-11-18)12-3-5-14(16)6-4-12/h2-7H,1,8-11H2,(H,17,19). The normalized spacial score (nSPS) is 14.8. The zero-order chi connectivity index (χ0) is 13.7. The quantitative estimate of drug-likeness (QED) is 0.833. The Hall–Kier alpha value is -2.10. The number of benzene rings is 1. The molecule has 0 bridgehead atoms. The summed E-state index contributed by atoms with van der Waals surface area (Å²) in [5, 5.41) is 2.75. The van der Waals surface area contributed by atoms with Gasteiger partial charge in [-0.3, -0.25) is 0 Å². The highest BCUT2D eigenvalue weighted by atomic mass is 19.1. The molecule has 1 aliphatic rings. The average Bonchev–Trinajstić information content (AvgIpc) is 2.46. The molecule has 1 aliphatic heterocycles. The number of urea groups is 1. The minimum atomic E-state index is -0.231. The third-order valence-electron chi connectivity index (χ3n) is 3.11. The molecular formula is C15H17FN2O. The first-order chi connectivity index (χ1) is 9.20. The number of nitrogens with zero attached hydrogens (tertiary/aromatic N) is 1. The number of amides is 2. The van der Waals surface area contributed by atoms with E-state index >= 15 is 0 Å². The van der Waals surface area contributed by atoms with Gasteiger partial charge in [-0.1, -0.05) is 24.3 Å². The highest BCUT2D eigenvalue weighted by Crippen LogP contribution is 2.22. The first-order valence-corrected chi connectivity index (χ1v) is 6.29. The minimum absolute atomic E-state index is 0.0747. The number of carbonyl (C=O) groups excluding carboxylic acids is 1. The monoisotopic (exact) mass is 260 g/mol. The van der Waals surface area contributed by atoms with Gasteiger partial charge in [-0.05, 0) is 29.7 Å². The van der Waals surface area contributed by atoms with Crippen LogP contribution < -0.4 is 5.32 Å². The van der Waals surface area contributed by atoms with Crippen molar-refractivity contribution in [3.63, 3.8) is 0 Å². The molecule has 0 radical (unpaired) electrons. The lowest BCUT2D eigenvalue weighted by Gasteiger charge is -2.26. The Kier molecular flexibility index (Phi) is 4.34. The van der Waals surface area contributed by atoms with Gasteiger partial charge < -0.3 is 10.2 Å². The van der Waals surface area contributed by atoms with E-state index in [2.05, 4.69) is 11.9 Å². The first kappa shape index (κ1) is 13.3. The average molecular weight is 260 g/mol. The van der Waals surface area contributed by atoms with E-state index in [-0.39, 0.29) is 11.8 Å². The molecule has 1 aromatic carbocycles. The molecule has 0 fully saturated rings.